The summed E-state index contributed by atoms with van der Waals surface area (Å²) in [6, 6.07) is 0. The molecule has 22 heavy (non-hydrogen) atoms. The standard InChI is InChI=1S/C14H19ClN4O3/c1-3-5-7-10(21-22-11(20)6-4-2)14-17-9-8-16-19-12(9)13(15)18-14/h8,10H,3-7H2,1-2H3,(H,16,19). The summed E-state index contributed by atoms with van der Waals surface area (Å²) >= 11 is 6.11. The van der Waals surface area contributed by atoms with Crippen LogP contribution >= 0.6 is 11.6 Å². The van der Waals surface area contributed by atoms with Crippen LogP contribution in [0.5, 0.6) is 0 Å². The molecule has 0 bridgehead atoms. The number of aromatic nitrogens is 4. The Morgan fingerprint density at radius 1 is 1.36 bits per heavy atom. The van der Waals surface area contributed by atoms with Gasteiger partial charge in [-0.25, -0.2) is 14.8 Å². The van der Waals surface area contributed by atoms with E-state index in [2.05, 4.69) is 27.1 Å². The van der Waals surface area contributed by atoms with Crippen LogP contribution in [0.4, 0.5) is 0 Å². The van der Waals surface area contributed by atoms with Gasteiger partial charge in [0.05, 0.1) is 6.20 Å². The van der Waals surface area contributed by atoms with Gasteiger partial charge in [-0.05, 0) is 12.8 Å². The number of carbonyl (C=O) groups excluding carboxylic acids is 1. The maximum absolute atomic E-state index is 11.5. The molecule has 2 rings (SSSR count). The average molecular weight is 327 g/mol. The molecule has 0 aliphatic carbocycles. The van der Waals surface area contributed by atoms with Gasteiger partial charge in [0.2, 0.25) is 0 Å². The highest BCUT2D eigenvalue weighted by Gasteiger charge is 2.21. The summed E-state index contributed by atoms with van der Waals surface area (Å²) in [6.45, 7) is 3.96. The van der Waals surface area contributed by atoms with Crippen LogP contribution in [-0.4, -0.2) is 26.1 Å². The topological polar surface area (TPSA) is 90.0 Å². The van der Waals surface area contributed by atoms with E-state index in [1.165, 1.54) is 0 Å². The first-order valence-electron chi connectivity index (χ1n) is 7.38. The number of aromatic amines is 1. The quantitative estimate of drug-likeness (QED) is 0.453. The van der Waals surface area contributed by atoms with E-state index >= 15 is 0 Å². The monoisotopic (exact) mass is 326 g/mol. The number of unbranched alkanes of at least 4 members (excludes halogenated alkanes) is 1. The highest BCUT2D eigenvalue weighted by molar-refractivity contribution is 6.33. The zero-order valence-corrected chi connectivity index (χ0v) is 13.4. The van der Waals surface area contributed by atoms with Crippen molar-refractivity contribution < 1.29 is 14.6 Å². The van der Waals surface area contributed by atoms with Crippen molar-refractivity contribution in [2.75, 3.05) is 0 Å². The van der Waals surface area contributed by atoms with Gasteiger partial charge in [0.25, 0.3) is 0 Å². The Morgan fingerprint density at radius 2 is 2.18 bits per heavy atom. The van der Waals surface area contributed by atoms with Gasteiger partial charge < -0.3 is 0 Å². The number of hydrogen-bond donors (Lipinski definition) is 1. The maximum atomic E-state index is 11.5. The van der Waals surface area contributed by atoms with Gasteiger partial charge in [0, 0.05) is 6.42 Å². The second-order valence-electron chi connectivity index (χ2n) is 4.94. The lowest BCUT2D eigenvalue weighted by atomic mass is 10.1. The number of H-pyrrole nitrogens is 1. The van der Waals surface area contributed by atoms with Crippen molar-refractivity contribution in [1.82, 2.24) is 20.2 Å². The van der Waals surface area contributed by atoms with Gasteiger partial charge >= 0.3 is 5.97 Å². The molecule has 1 unspecified atom stereocenters. The molecule has 2 aromatic heterocycles. The summed E-state index contributed by atoms with van der Waals surface area (Å²) in [5, 5.41) is 6.88. The van der Waals surface area contributed by atoms with Crippen LogP contribution in [0.2, 0.25) is 5.15 Å². The van der Waals surface area contributed by atoms with Crippen LogP contribution in [0.15, 0.2) is 6.20 Å². The second-order valence-corrected chi connectivity index (χ2v) is 5.29. The Labute approximate surface area is 133 Å². The number of fused-ring (bicyclic) bond motifs is 1. The lowest BCUT2D eigenvalue weighted by molar-refractivity contribution is -0.303. The molecule has 0 saturated heterocycles. The number of halogens is 1. The first-order valence-corrected chi connectivity index (χ1v) is 7.76. The Morgan fingerprint density at radius 3 is 2.91 bits per heavy atom. The van der Waals surface area contributed by atoms with Gasteiger partial charge in [-0.3, -0.25) is 9.99 Å². The summed E-state index contributed by atoms with van der Waals surface area (Å²) in [5.41, 5.74) is 1.17. The fourth-order valence-corrected chi connectivity index (χ4v) is 2.16. The molecular weight excluding hydrogens is 308 g/mol. The number of nitrogens with one attached hydrogen (secondary N) is 1. The number of carbonyl (C=O) groups is 1. The minimum atomic E-state index is -0.544. The molecule has 2 heterocycles. The third-order valence-corrected chi connectivity index (χ3v) is 3.37. The predicted molar refractivity (Wildman–Crippen MR) is 81.0 cm³/mol. The smallest absolute Gasteiger partial charge is 0.298 e. The van der Waals surface area contributed by atoms with Crippen molar-refractivity contribution >= 4 is 28.6 Å². The predicted octanol–water partition coefficient (Wildman–Crippen LogP) is 3.51. The fraction of sp³-hybridized carbons (Fsp3) is 0.571. The number of hydrogen-bond acceptors (Lipinski definition) is 6. The summed E-state index contributed by atoms with van der Waals surface area (Å²) in [5.74, 6) is -0.0175. The van der Waals surface area contributed by atoms with E-state index in [9.17, 15) is 4.79 Å². The van der Waals surface area contributed by atoms with Gasteiger partial charge in [-0.15, -0.1) is 0 Å². The molecule has 8 heteroatoms. The lowest BCUT2D eigenvalue weighted by Gasteiger charge is -2.14. The fourth-order valence-electron chi connectivity index (χ4n) is 1.93. The molecule has 7 nitrogen and oxygen atoms in total. The van der Waals surface area contributed by atoms with Crippen LogP contribution < -0.4 is 0 Å². The van der Waals surface area contributed by atoms with E-state index in [1.807, 2.05) is 6.92 Å². The van der Waals surface area contributed by atoms with E-state index in [1.54, 1.807) is 6.20 Å². The van der Waals surface area contributed by atoms with E-state index in [-0.39, 0.29) is 5.15 Å². The second kappa shape index (κ2) is 8.05. The highest BCUT2D eigenvalue weighted by Crippen LogP contribution is 2.25. The minimum Gasteiger partial charge on any atom is -0.298 e. The van der Waals surface area contributed by atoms with Crippen molar-refractivity contribution in [3.8, 4) is 0 Å². The van der Waals surface area contributed by atoms with E-state index < -0.39 is 12.1 Å². The molecule has 0 saturated carbocycles. The summed E-state index contributed by atoms with van der Waals surface area (Å²) < 4.78 is 0. The Kier molecular flexibility index (Phi) is 6.09. The molecule has 0 spiro atoms. The van der Waals surface area contributed by atoms with Crippen LogP contribution in [0, 0.1) is 0 Å². The summed E-state index contributed by atoms with van der Waals surface area (Å²) in [4.78, 5) is 30.2. The molecule has 120 valence electrons. The first-order chi connectivity index (χ1) is 10.7. The van der Waals surface area contributed by atoms with Crippen LogP contribution in [0.1, 0.15) is 57.9 Å². The SMILES string of the molecule is CCCCC(OOC(=O)CCC)c1nc(Cl)c2[nH]ncc2n1. The molecule has 0 aliphatic heterocycles. The van der Waals surface area contributed by atoms with E-state index in [0.29, 0.717) is 36.1 Å². The zero-order chi connectivity index (χ0) is 15.9. The molecule has 0 fully saturated rings. The third kappa shape index (κ3) is 4.14. The summed E-state index contributed by atoms with van der Waals surface area (Å²) in [7, 11) is 0. The number of nitrogens with zero attached hydrogens (tertiary/aromatic N) is 3. The van der Waals surface area contributed by atoms with Crippen molar-refractivity contribution in [2.24, 2.45) is 0 Å². The Balaban J connectivity index is 2.16. The first kappa shape index (κ1) is 16.6. The minimum absolute atomic E-state index is 0.266. The Hall–Kier alpha value is -1.73. The lowest BCUT2D eigenvalue weighted by Crippen LogP contribution is -2.13. The van der Waals surface area contributed by atoms with E-state index in [4.69, 9.17) is 21.4 Å². The van der Waals surface area contributed by atoms with Gasteiger partial charge in [0.15, 0.2) is 17.1 Å². The van der Waals surface area contributed by atoms with E-state index in [0.717, 1.165) is 12.8 Å². The highest BCUT2D eigenvalue weighted by atomic mass is 35.5. The van der Waals surface area contributed by atoms with Gasteiger partial charge in [0.1, 0.15) is 11.0 Å². The largest absolute Gasteiger partial charge is 0.342 e. The third-order valence-electron chi connectivity index (χ3n) is 3.09. The normalized spacial score (nSPS) is 12.5. The molecule has 0 amide bonds. The number of rotatable bonds is 8. The molecule has 1 N–H and O–H groups in total. The zero-order valence-electron chi connectivity index (χ0n) is 12.6. The molecule has 1 atom stereocenters. The Bertz CT molecular complexity index is 632. The molecule has 2 aromatic rings. The molecule has 0 aliphatic rings. The molecule has 0 aromatic carbocycles. The summed E-state index contributed by atoms with van der Waals surface area (Å²) in [6.07, 6.45) is 4.53. The van der Waals surface area contributed by atoms with Gasteiger partial charge in [-0.1, -0.05) is 38.3 Å². The molecule has 0 radical (unpaired) electrons. The average Bonchev–Trinajstić information content (AvgIpc) is 2.96. The maximum Gasteiger partial charge on any atom is 0.342 e. The van der Waals surface area contributed by atoms with Crippen LogP contribution in [0.3, 0.4) is 0 Å². The van der Waals surface area contributed by atoms with Crippen LogP contribution in [-0.2, 0) is 14.6 Å². The van der Waals surface area contributed by atoms with Crippen molar-refractivity contribution in [2.45, 2.75) is 52.1 Å². The van der Waals surface area contributed by atoms with Crippen molar-refractivity contribution in [3.05, 3.63) is 17.2 Å². The van der Waals surface area contributed by atoms with Crippen molar-refractivity contribution in [1.29, 1.82) is 0 Å². The van der Waals surface area contributed by atoms with Crippen molar-refractivity contribution in [3.63, 3.8) is 0 Å². The molecular formula is C14H19ClN4O3. The van der Waals surface area contributed by atoms with Crippen LogP contribution in [0.25, 0.3) is 11.0 Å². The van der Waals surface area contributed by atoms with Gasteiger partial charge in [-0.2, -0.15) is 9.99 Å².